The van der Waals surface area contributed by atoms with Crippen molar-refractivity contribution in [3.8, 4) is 11.4 Å². The number of hydrogen-bond donors (Lipinski definition) is 1. The third-order valence-corrected chi connectivity index (χ3v) is 3.19. The van der Waals surface area contributed by atoms with Gasteiger partial charge < -0.3 is 9.88 Å². The van der Waals surface area contributed by atoms with Crippen molar-refractivity contribution in [2.45, 2.75) is 32.7 Å². The van der Waals surface area contributed by atoms with E-state index in [0.29, 0.717) is 6.04 Å². The van der Waals surface area contributed by atoms with Crippen LogP contribution in [0.5, 0.6) is 0 Å². The third kappa shape index (κ3) is 2.70. The molecular formula is C14H20N4. The summed E-state index contributed by atoms with van der Waals surface area (Å²) < 4.78 is 1.93. The average Bonchev–Trinajstić information content (AvgIpc) is 2.82. The summed E-state index contributed by atoms with van der Waals surface area (Å²) in [5.41, 5.74) is 2.23. The normalized spacial score (nSPS) is 10.9. The fourth-order valence-corrected chi connectivity index (χ4v) is 2.02. The van der Waals surface area contributed by atoms with Crippen molar-refractivity contribution >= 4 is 5.69 Å². The molecular weight excluding hydrogens is 224 g/mol. The van der Waals surface area contributed by atoms with E-state index < -0.39 is 0 Å². The lowest BCUT2D eigenvalue weighted by Gasteiger charge is -2.16. The van der Waals surface area contributed by atoms with Crippen LogP contribution in [0.4, 0.5) is 5.69 Å². The van der Waals surface area contributed by atoms with Gasteiger partial charge in [0, 0.05) is 24.3 Å². The first-order valence-corrected chi connectivity index (χ1v) is 6.45. The van der Waals surface area contributed by atoms with Crippen LogP contribution in [0, 0.1) is 0 Å². The minimum absolute atomic E-state index is 0.528. The summed E-state index contributed by atoms with van der Waals surface area (Å²) in [7, 11) is 1.95. The molecule has 1 aromatic heterocycles. The molecule has 0 atom stereocenters. The Hall–Kier alpha value is -1.84. The molecule has 0 amide bonds. The highest BCUT2D eigenvalue weighted by Gasteiger charge is 2.07. The van der Waals surface area contributed by atoms with E-state index in [9.17, 15) is 0 Å². The second kappa shape index (κ2) is 5.67. The first kappa shape index (κ1) is 12.6. The lowest BCUT2D eigenvalue weighted by Crippen LogP contribution is -2.16. The summed E-state index contributed by atoms with van der Waals surface area (Å²) >= 11 is 0. The van der Waals surface area contributed by atoms with Gasteiger partial charge in [-0.25, -0.2) is 0 Å². The summed E-state index contributed by atoms with van der Waals surface area (Å²) in [4.78, 5) is 0. The van der Waals surface area contributed by atoms with E-state index in [-0.39, 0.29) is 0 Å². The van der Waals surface area contributed by atoms with Gasteiger partial charge >= 0.3 is 0 Å². The van der Waals surface area contributed by atoms with Crippen LogP contribution in [0.3, 0.4) is 0 Å². The highest BCUT2D eigenvalue weighted by Crippen LogP contribution is 2.21. The molecule has 96 valence electrons. The zero-order chi connectivity index (χ0) is 13.0. The quantitative estimate of drug-likeness (QED) is 0.879. The van der Waals surface area contributed by atoms with Crippen LogP contribution in [0.2, 0.25) is 0 Å². The largest absolute Gasteiger partial charge is 0.382 e. The van der Waals surface area contributed by atoms with Crippen molar-refractivity contribution in [1.82, 2.24) is 14.8 Å². The first-order chi connectivity index (χ1) is 8.74. The monoisotopic (exact) mass is 244 g/mol. The van der Waals surface area contributed by atoms with Crippen LogP contribution in [0.1, 0.15) is 26.7 Å². The Bertz CT molecular complexity index is 500. The van der Waals surface area contributed by atoms with Gasteiger partial charge in [0.25, 0.3) is 0 Å². The predicted octanol–water partition coefficient (Wildman–Crippen LogP) is 3.08. The van der Waals surface area contributed by atoms with Crippen molar-refractivity contribution in [2.75, 3.05) is 5.32 Å². The van der Waals surface area contributed by atoms with E-state index in [1.165, 1.54) is 0 Å². The molecule has 0 aliphatic rings. The maximum absolute atomic E-state index is 4.13. The Labute approximate surface area is 108 Å². The van der Waals surface area contributed by atoms with Gasteiger partial charge in [-0.05, 0) is 25.0 Å². The molecule has 4 nitrogen and oxygen atoms in total. The molecule has 1 aromatic carbocycles. The summed E-state index contributed by atoms with van der Waals surface area (Å²) in [6, 6.07) is 8.86. The Morgan fingerprint density at radius 2 is 2.06 bits per heavy atom. The molecule has 0 fully saturated rings. The highest BCUT2D eigenvalue weighted by atomic mass is 15.2. The minimum Gasteiger partial charge on any atom is -0.382 e. The molecule has 0 saturated heterocycles. The Morgan fingerprint density at radius 1 is 1.28 bits per heavy atom. The third-order valence-electron chi connectivity index (χ3n) is 3.19. The fourth-order valence-electron chi connectivity index (χ4n) is 2.02. The number of rotatable bonds is 5. The van der Waals surface area contributed by atoms with Crippen LogP contribution in [-0.2, 0) is 7.05 Å². The molecule has 0 saturated carbocycles. The molecule has 0 spiro atoms. The summed E-state index contributed by atoms with van der Waals surface area (Å²) in [5.74, 6) is 0.892. The molecule has 2 aromatic rings. The molecule has 0 radical (unpaired) electrons. The van der Waals surface area contributed by atoms with Gasteiger partial charge in [0.15, 0.2) is 5.82 Å². The van der Waals surface area contributed by atoms with Crippen molar-refractivity contribution in [3.63, 3.8) is 0 Å². The smallest absolute Gasteiger partial charge is 0.163 e. The van der Waals surface area contributed by atoms with Crippen LogP contribution < -0.4 is 5.32 Å². The van der Waals surface area contributed by atoms with E-state index >= 15 is 0 Å². The van der Waals surface area contributed by atoms with E-state index in [0.717, 1.165) is 29.9 Å². The molecule has 1 N–H and O–H groups in total. The van der Waals surface area contributed by atoms with E-state index in [2.05, 4.69) is 53.6 Å². The maximum atomic E-state index is 4.13. The lowest BCUT2D eigenvalue weighted by atomic mass is 10.1. The van der Waals surface area contributed by atoms with Gasteiger partial charge in [-0.2, -0.15) is 0 Å². The lowest BCUT2D eigenvalue weighted by molar-refractivity contribution is 0.672. The molecule has 1 heterocycles. The van der Waals surface area contributed by atoms with Gasteiger partial charge in [0.1, 0.15) is 6.33 Å². The molecule has 18 heavy (non-hydrogen) atoms. The Morgan fingerprint density at radius 3 is 2.67 bits per heavy atom. The van der Waals surface area contributed by atoms with Crippen LogP contribution >= 0.6 is 0 Å². The van der Waals surface area contributed by atoms with Crippen molar-refractivity contribution < 1.29 is 0 Å². The van der Waals surface area contributed by atoms with Crippen molar-refractivity contribution in [2.24, 2.45) is 7.05 Å². The van der Waals surface area contributed by atoms with Gasteiger partial charge in [0.05, 0.1) is 0 Å². The van der Waals surface area contributed by atoms with Gasteiger partial charge in [-0.1, -0.05) is 26.0 Å². The topological polar surface area (TPSA) is 42.7 Å². The molecule has 2 rings (SSSR count). The van der Waals surface area contributed by atoms with Crippen molar-refractivity contribution in [3.05, 3.63) is 30.6 Å². The molecule has 0 bridgehead atoms. The minimum atomic E-state index is 0.528. The van der Waals surface area contributed by atoms with Crippen LogP contribution in [-0.4, -0.2) is 20.8 Å². The van der Waals surface area contributed by atoms with Gasteiger partial charge in [-0.3, -0.25) is 0 Å². The maximum Gasteiger partial charge on any atom is 0.163 e. The van der Waals surface area contributed by atoms with Gasteiger partial charge in [0.2, 0.25) is 0 Å². The highest BCUT2D eigenvalue weighted by molar-refractivity contribution is 5.62. The van der Waals surface area contributed by atoms with E-state index in [1.54, 1.807) is 6.33 Å². The number of benzene rings is 1. The second-order valence-corrected chi connectivity index (χ2v) is 4.50. The molecule has 4 heteroatoms. The zero-order valence-electron chi connectivity index (χ0n) is 11.2. The molecule has 0 unspecified atom stereocenters. The Balaban J connectivity index is 2.23. The van der Waals surface area contributed by atoms with E-state index in [1.807, 2.05) is 11.6 Å². The standard InChI is InChI=1S/C14H20N4/c1-4-12(5-2)16-13-8-6-7-11(9-13)14-17-15-10-18(14)3/h6-10,12,16H,4-5H2,1-3H3. The van der Waals surface area contributed by atoms with E-state index in [4.69, 9.17) is 0 Å². The number of hydrogen-bond acceptors (Lipinski definition) is 3. The van der Waals surface area contributed by atoms with Crippen LogP contribution in [0.15, 0.2) is 30.6 Å². The SMILES string of the molecule is CCC(CC)Nc1cccc(-c2nncn2C)c1. The predicted molar refractivity (Wildman–Crippen MR) is 74.4 cm³/mol. The number of aryl methyl sites for hydroxylation is 1. The van der Waals surface area contributed by atoms with Crippen molar-refractivity contribution in [1.29, 1.82) is 0 Å². The second-order valence-electron chi connectivity index (χ2n) is 4.50. The van der Waals surface area contributed by atoms with Gasteiger partial charge in [-0.15, -0.1) is 10.2 Å². The summed E-state index contributed by atoms with van der Waals surface area (Å²) in [6.07, 6.45) is 3.98. The Kier molecular flexibility index (Phi) is 3.97. The zero-order valence-corrected chi connectivity index (χ0v) is 11.2. The fraction of sp³-hybridized carbons (Fsp3) is 0.429. The number of aromatic nitrogens is 3. The van der Waals surface area contributed by atoms with Crippen LogP contribution in [0.25, 0.3) is 11.4 Å². The number of anilines is 1. The molecule has 0 aliphatic heterocycles. The number of nitrogens with zero attached hydrogens (tertiary/aromatic N) is 3. The average molecular weight is 244 g/mol. The number of nitrogens with one attached hydrogen (secondary N) is 1. The molecule has 0 aliphatic carbocycles. The first-order valence-electron chi connectivity index (χ1n) is 6.45. The summed E-state index contributed by atoms with van der Waals surface area (Å²) in [6.45, 7) is 4.40. The summed E-state index contributed by atoms with van der Waals surface area (Å²) in [5, 5.41) is 11.6.